The van der Waals surface area contributed by atoms with Gasteiger partial charge in [-0.25, -0.2) is 14.8 Å². The van der Waals surface area contributed by atoms with Gasteiger partial charge >= 0.3 is 5.69 Å². The molecule has 0 saturated carbocycles. The molecule has 0 unspecified atom stereocenters. The van der Waals surface area contributed by atoms with Gasteiger partial charge in [-0.15, -0.1) is 0 Å². The Morgan fingerprint density at radius 1 is 1.24 bits per heavy atom. The molecule has 0 atom stereocenters. The number of imidazole rings is 1. The summed E-state index contributed by atoms with van der Waals surface area (Å²) in [6.45, 7) is 9.02. The fraction of sp³-hybridized carbons (Fsp3) is 0.421. The number of ether oxygens (including phenoxy) is 1. The minimum absolute atomic E-state index is 0.177. The molecule has 1 aromatic carbocycles. The van der Waals surface area contributed by atoms with Crippen molar-refractivity contribution in [2.24, 2.45) is 5.92 Å². The summed E-state index contributed by atoms with van der Waals surface area (Å²) in [4.78, 5) is 24.1. The Kier molecular flexibility index (Phi) is 4.61. The first kappa shape index (κ1) is 17.2. The van der Waals surface area contributed by atoms with Crippen LogP contribution in [0.15, 0.2) is 29.2 Å². The second-order valence-corrected chi connectivity index (χ2v) is 6.98. The average Bonchev–Trinajstić information content (AvgIpc) is 2.88. The van der Waals surface area contributed by atoms with Crippen LogP contribution in [0.25, 0.3) is 22.6 Å². The first-order chi connectivity index (χ1) is 11.9. The third-order valence-corrected chi connectivity index (χ3v) is 4.19. The molecule has 0 bridgehead atoms. The first-order valence-corrected chi connectivity index (χ1v) is 8.54. The molecule has 0 amide bonds. The minimum Gasteiger partial charge on any atom is -0.496 e. The molecule has 6 nitrogen and oxygen atoms in total. The number of nitrogens with zero attached hydrogens (tertiary/aromatic N) is 3. The summed E-state index contributed by atoms with van der Waals surface area (Å²) < 4.78 is 7.15. The molecule has 6 heteroatoms. The van der Waals surface area contributed by atoms with Crippen LogP contribution in [0, 0.1) is 5.92 Å². The molecule has 2 heterocycles. The van der Waals surface area contributed by atoms with Crippen LogP contribution < -0.4 is 10.4 Å². The molecule has 0 fully saturated rings. The lowest BCUT2D eigenvalue weighted by atomic mass is 9.99. The molecule has 0 radical (unpaired) electrons. The van der Waals surface area contributed by atoms with Crippen LogP contribution in [-0.2, 0) is 6.54 Å². The maximum Gasteiger partial charge on any atom is 0.328 e. The normalized spacial score (nSPS) is 11.6. The highest BCUT2D eigenvalue weighted by Crippen LogP contribution is 2.32. The Morgan fingerprint density at radius 3 is 2.64 bits per heavy atom. The van der Waals surface area contributed by atoms with E-state index in [-0.39, 0.29) is 5.69 Å². The van der Waals surface area contributed by atoms with Crippen molar-refractivity contribution in [1.82, 2.24) is 19.5 Å². The van der Waals surface area contributed by atoms with Gasteiger partial charge in [0.2, 0.25) is 0 Å². The molecular weight excluding hydrogens is 316 g/mol. The number of hydrogen-bond donors (Lipinski definition) is 1. The van der Waals surface area contributed by atoms with Gasteiger partial charge in [0, 0.05) is 12.1 Å². The predicted octanol–water partition coefficient (Wildman–Crippen LogP) is 3.57. The van der Waals surface area contributed by atoms with Crippen LogP contribution in [0.1, 0.15) is 39.2 Å². The molecule has 132 valence electrons. The van der Waals surface area contributed by atoms with E-state index < -0.39 is 0 Å². The Morgan fingerprint density at radius 2 is 2.00 bits per heavy atom. The topological polar surface area (TPSA) is 72.8 Å². The van der Waals surface area contributed by atoms with E-state index in [9.17, 15) is 4.79 Å². The first-order valence-electron chi connectivity index (χ1n) is 8.54. The van der Waals surface area contributed by atoms with Crippen molar-refractivity contribution < 1.29 is 4.74 Å². The number of hydrogen-bond acceptors (Lipinski definition) is 4. The fourth-order valence-electron chi connectivity index (χ4n) is 2.87. The Balaban J connectivity index is 2.19. The monoisotopic (exact) mass is 340 g/mol. The summed E-state index contributed by atoms with van der Waals surface area (Å²) in [5, 5.41) is 0. The number of nitrogens with one attached hydrogen (secondary N) is 1. The predicted molar refractivity (Wildman–Crippen MR) is 99.1 cm³/mol. The molecule has 3 rings (SSSR count). The lowest BCUT2D eigenvalue weighted by Gasteiger charge is -2.12. The largest absolute Gasteiger partial charge is 0.496 e. The van der Waals surface area contributed by atoms with Gasteiger partial charge < -0.3 is 4.74 Å². The highest BCUT2D eigenvalue weighted by atomic mass is 16.5. The average molecular weight is 340 g/mol. The van der Waals surface area contributed by atoms with Gasteiger partial charge in [0.15, 0.2) is 11.3 Å². The van der Waals surface area contributed by atoms with Crippen molar-refractivity contribution in [1.29, 1.82) is 0 Å². The number of fused-ring (bicyclic) bond motifs is 1. The third kappa shape index (κ3) is 3.29. The molecule has 0 saturated heterocycles. The summed E-state index contributed by atoms with van der Waals surface area (Å²) in [5.74, 6) is 1.47. The Hall–Kier alpha value is -2.63. The van der Waals surface area contributed by atoms with Crippen LogP contribution >= 0.6 is 0 Å². The number of aromatic nitrogens is 4. The molecule has 3 aromatic rings. The van der Waals surface area contributed by atoms with E-state index >= 15 is 0 Å². The van der Waals surface area contributed by atoms with Crippen molar-refractivity contribution in [3.63, 3.8) is 0 Å². The van der Waals surface area contributed by atoms with Gasteiger partial charge in [0.25, 0.3) is 0 Å². The van der Waals surface area contributed by atoms with Crippen molar-refractivity contribution in [2.45, 2.75) is 40.2 Å². The maximum atomic E-state index is 12.2. The Bertz CT molecular complexity index is 954. The number of rotatable bonds is 5. The van der Waals surface area contributed by atoms with Gasteiger partial charge in [-0.05, 0) is 29.5 Å². The summed E-state index contributed by atoms with van der Waals surface area (Å²) in [5.41, 5.74) is 3.69. The van der Waals surface area contributed by atoms with E-state index in [1.807, 2.05) is 6.07 Å². The second-order valence-electron chi connectivity index (χ2n) is 6.98. The number of methoxy groups -OCH3 is 1. The van der Waals surface area contributed by atoms with Gasteiger partial charge in [-0.1, -0.05) is 33.8 Å². The molecule has 0 aliphatic rings. The molecule has 25 heavy (non-hydrogen) atoms. The van der Waals surface area contributed by atoms with Crippen LogP contribution in [0.2, 0.25) is 0 Å². The molecule has 0 spiro atoms. The number of H-pyrrole nitrogens is 1. The minimum atomic E-state index is -0.177. The van der Waals surface area contributed by atoms with Gasteiger partial charge in [0.05, 0.1) is 19.0 Å². The van der Waals surface area contributed by atoms with Gasteiger partial charge in [-0.3, -0.25) is 9.55 Å². The SMILES string of the molecule is COc1ccc(C(C)C)cc1-c1cnc2[nH]c(=O)n(CC(C)C)c2n1. The smallest absolute Gasteiger partial charge is 0.328 e. The highest BCUT2D eigenvalue weighted by molar-refractivity contribution is 5.74. The van der Waals surface area contributed by atoms with Crippen LogP contribution in [0.3, 0.4) is 0 Å². The summed E-state index contributed by atoms with van der Waals surface area (Å²) in [6, 6.07) is 6.09. The fourth-order valence-corrected chi connectivity index (χ4v) is 2.87. The molecule has 0 aliphatic heterocycles. The summed E-state index contributed by atoms with van der Waals surface area (Å²) in [7, 11) is 1.64. The lowest BCUT2D eigenvalue weighted by molar-refractivity contribution is 0.416. The Labute approximate surface area is 146 Å². The zero-order valence-electron chi connectivity index (χ0n) is 15.3. The van der Waals surface area contributed by atoms with Gasteiger partial charge in [-0.2, -0.15) is 0 Å². The van der Waals surface area contributed by atoms with Gasteiger partial charge in [0.1, 0.15) is 5.75 Å². The van der Waals surface area contributed by atoms with Crippen LogP contribution in [0.5, 0.6) is 5.75 Å². The van der Waals surface area contributed by atoms with E-state index in [4.69, 9.17) is 9.72 Å². The lowest BCUT2D eigenvalue weighted by Crippen LogP contribution is -2.19. The zero-order chi connectivity index (χ0) is 18.1. The zero-order valence-corrected chi connectivity index (χ0v) is 15.3. The molecule has 1 N–H and O–H groups in total. The number of aromatic amines is 1. The van der Waals surface area contributed by atoms with E-state index in [2.05, 4.69) is 49.8 Å². The van der Waals surface area contributed by atoms with Crippen LogP contribution in [0.4, 0.5) is 0 Å². The van der Waals surface area contributed by atoms with E-state index in [1.54, 1.807) is 17.9 Å². The molecular formula is C19H24N4O2. The van der Waals surface area contributed by atoms with Crippen LogP contribution in [-0.4, -0.2) is 26.6 Å². The summed E-state index contributed by atoms with van der Waals surface area (Å²) >= 11 is 0. The quantitative estimate of drug-likeness (QED) is 0.770. The summed E-state index contributed by atoms with van der Waals surface area (Å²) in [6.07, 6.45) is 1.68. The maximum absolute atomic E-state index is 12.2. The van der Waals surface area contributed by atoms with E-state index in [1.165, 1.54) is 5.56 Å². The van der Waals surface area contributed by atoms with Crippen molar-refractivity contribution in [2.75, 3.05) is 7.11 Å². The highest BCUT2D eigenvalue weighted by Gasteiger charge is 2.15. The van der Waals surface area contributed by atoms with E-state index in [0.717, 1.165) is 11.3 Å². The number of benzene rings is 1. The van der Waals surface area contributed by atoms with Crippen molar-refractivity contribution in [3.05, 3.63) is 40.4 Å². The standard InChI is InChI=1S/C19H24N4O2/c1-11(2)10-23-18-17(22-19(23)24)20-9-15(21-18)14-8-13(12(3)4)6-7-16(14)25-5/h6-9,11-12H,10H2,1-5H3,(H,20,22,24). The molecule has 0 aliphatic carbocycles. The molecule has 2 aromatic heterocycles. The second kappa shape index (κ2) is 6.70. The van der Waals surface area contributed by atoms with Crippen molar-refractivity contribution >= 4 is 11.3 Å². The van der Waals surface area contributed by atoms with E-state index in [0.29, 0.717) is 35.4 Å². The van der Waals surface area contributed by atoms with Crippen molar-refractivity contribution in [3.8, 4) is 17.0 Å². The third-order valence-electron chi connectivity index (χ3n) is 4.19.